The van der Waals surface area contributed by atoms with Crippen molar-refractivity contribution >= 4 is 5.78 Å². The largest absolute Gasteiger partial charge is 0.298 e. The molecular formula is C24H28N6O. The van der Waals surface area contributed by atoms with Gasteiger partial charge in [0, 0.05) is 24.2 Å². The number of aromatic nitrogens is 6. The van der Waals surface area contributed by atoms with Gasteiger partial charge in [-0.1, -0.05) is 67.8 Å². The Balaban J connectivity index is 1.90. The van der Waals surface area contributed by atoms with E-state index in [1.807, 2.05) is 44.4 Å². The Hall–Kier alpha value is -3.35. The van der Waals surface area contributed by atoms with Crippen LogP contribution in [0.25, 0.3) is 11.4 Å². The van der Waals surface area contributed by atoms with Gasteiger partial charge in [0.15, 0.2) is 0 Å². The van der Waals surface area contributed by atoms with E-state index in [4.69, 9.17) is 0 Å². The lowest BCUT2D eigenvalue weighted by atomic mass is 9.63. The molecule has 2 heterocycles. The second-order valence-electron chi connectivity index (χ2n) is 8.32. The van der Waals surface area contributed by atoms with Gasteiger partial charge >= 0.3 is 0 Å². The summed E-state index contributed by atoms with van der Waals surface area (Å²) in [6, 6.07) is 10.1. The summed E-state index contributed by atoms with van der Waals surface area (Å²) in [5.41, 5.74) is 2.57. The summed E-state index contributed by atoms with van der Waals surface area (Å²) in [5, 5.41) is 19.3. The van der Waals surface area contributed by atoms with Gasteiger partial charge in [0.25, 0.3) is 0 Å². The van der Waals surface area contributed by atoms with Crippen molar-refractivity contribution in [3.63, 3.8) is 0 Å². The molecule has 0 saturated heterocycles. The minimum Gasteiger partial charge on any atom is -0.298 e. The summed E-state index contributed by atoms with van der Waals surface area (Å²) < 4.78 is 1.74. The Morgan fingerprint density at radius 2 is 2.00 bits per heavy atom. The maximum Gasteiger partial charge on any atom is 0.204 e. The van der Waals surface area contributed by atoms with E-state index in [9.17, 15) is 4.79 Å². The third kappa shape index (κ3) is 3.44. The zero-order valence-electron chi connectivity index (χ0n) is 18.5. The molecule has 7 nitrogen and oxygen atoms in total. The Morgan fingerprint density at radius 1 is 1.19 bits per heavy atom. The average Bonchev–Trinajstić information content (AvgIpc) is 3.44. The first kappa shape index (κ1) is 20.9. The predicted molar refractivity (Wildman–Crippen MR) is 119 cm³/mol. The molecule has 0 spiro atoms. The minimum atomic E-state index is -0.849. The van der Waals surface area contributed by atoms with E-state index in [0.717, 1.165) is 41.7 Å². The second-order valence-corrected chi connectivity index (χ2v) is 8.32. The first-order valence-corrected chi connectivity index (χ1v) is 10.7. The number of unbranched alkanes of at least 4 members (excludes halogenated alkanes) is 1. The van der Waals surface area contributed by atoms with Gasteiger partial charge in [0.2, 0.25) is 5.82 Å². The van der Waals surface area contributed by atoms with Crippen LogP contribution >= 0.6 is 0 Å². The molecule has 1 aliphatic rings. The molecule has 2 unspecified atom stereocenters. The smallest absolute Gasteiger partial charge is 0.204 e. The molecule has 2 atom stereocenters. The third-order valence-corrected chi connectivity index (χ3v) is 6.36. The molecule has 0 radical (unpaired) electrons. The Kier molecular flexibility index (Phi) is 5.43. The lowest BCUT2D eigenvalue weighted by Gasteiger charge is -2.39. The number of nitrogens with zero attached hydrogens (tertiary/aromatic N) is 5. The topological polar surface area (TPSA) is 89.4 Å². The number of benzene rings is 1. The van der Waals surface area contributed by atoms with Gasteiger partial charge in [-0.05, 0) is 37.1 Å². The van der Waals surface area contributed by atoms with Crippen LogP contribution in [0.5, 0.6) is 0 Å². The number of rotatable bonds is 7. The molecule has 4 rings (SSSR count). The molecule has 0 bridgehead atoms. The van der Waals surface area contributed by atoms with Crippen molar-refractivity contribution in [2.45, 2.75) is 50.9 Å². The highest BCUT2D eigenvalue weighted by atomic mass is 16.1. The van der Waals surface area contributed by atoms with Gasteiger partial charge in [-0.15, -0.1) is 10.2 Å². The molecule has 7 heteroatoms. The van der Waals surface area contributed by atoms with Gasteiger partial charge in [-0.3, -0.25) is 9.48 Å². The van der Waals surface area contributed by atoms with E-state index in [1.165, 1.54) is 0 Å². The van der Waals surface area contributed by atoms with E-state index in [0.29, 0.717) is 5.82 Å². The number of aryl methyl sites for hydroxylation is 1. The van der Waals surface area contributed by atoms with Crippen LogP contribution in [0.3, 0.4) is 0 Å². The minimum absolute atomic E-state index is 0.0618. The fourth-order valence-corrected chi connectivity index (χ4v) is 4.73. The van der Waals surface area contributed by atoms with Crippen LogP contribution in [0, 0.1) is 0 Å². The maximum absolute atomic E-state index is 13.0. The monoisotopic (exact) mass is 416 g/mol. The molecule has 31 heavy (non-hydrogen) atoms. The second kappa shape index (κ2) is 8.06. The lowest BCUT2D eigenvalue weighted by Crippen LogP contribution is -2.39. The molecule has 1 N–H and O–H groups in total. The van der Waals surface area contributed by atoms with Gasteiger partial charge in [-0.25, -0.2) is 0 Å². The van der Waals surface area contributed by atoms with Crippen molar-refractivity contribution in [3.05, 3.63) is 71.6 Å². The summed E-state index contributed by atoms with van der Waals surface area (Å²) in [6.45, 7) is 5.87. The van der Waals surface area contributed by atoms with Crippen LogP contribution in [-0.4, -0.2) is 36.2 Å². The van der Waals surface area contributed by atoms with E-state index < -0.39 is 5.41 Å². The molecule has 0 fully saturated rings. The van der Waals surface area contributed by atoms with Crippen molar-refractivity contribution in [1.29, 1.82) is 0 Å². The van der Waals surface area contributed by atoms with Gasteiger partial charge in [-0.2, -0.15) is 10.3 Å². The first-order valence-electron chi connectivity index (χ1n) is 10.7. The number of ketones is 1. The van der Waals surface area contributed by atoms with Crippen LogP contribution in [-0.2, 0) is 22.7 Å². The number of aromatic amines is 1. The average molecular weight is 417 g/mol. The zero-order chi connectivity index (χ0) is 22.1. The number of hydrogen-bond acceptors (Lipinski definition) is 5. The number of nitrogens with one attached hydrogen (secondary N) is 1. The molecular weight excluding hydrogens is 388 g/mol. The summed E-state index contributed by atoms with van der Waals surface area (Å²) in [7, 11) is 1.87. The fourth-order valence-electron chi connectivity index (χ4n) is 4.73. The summed E-state index contributed by atoms with van der Waals surface area (Å²) >= 11 is 0. The third-order valence-electron chi connectivity index (χ3n) is 6.36. The summed E-state index contributed by atoms with van der Waals surface area (Å²) in [4.78, 5) is 13.0. The Morgan fingerprint density at radius 3 is 2.61 bits per heavy atom. The number of hydrogen-bond donors (Lipinski definition) is 1. The number of carbonyl (C=O) groups is 1. The summed E-state index contributed by atoms with van der Waals surface area (Å²) in [5.74, 6) is 0.630. The quantitative estimate of drug-likeness (QED) is 0.587. The van der Waals surface area contributed by atoms with Gasteiger partial charge in [0.05, 0.1) is 5.69 Å². The molecule has 0 saturated carbocycles. The van der Waals surface area contributed by atoms with E-state index in [2.05, 4.69) is 56.9 Å². The molecule has 1 aromatic carbocycles. The number of Topliss-reactive ketones (excluding diaryl/α,β-unsaturated/α-hetero) is 1. The molecule has 1 aliphatic carbocycles. The molecule has 0 aliphatic heterocycles. The maximum atomic E-state index is 13.0. The number of tetrazole rings is 1. The molecule has 0 amide bonds. The van der Waals surface area contributed by atoms with Crippen LogP contribution in [0.2, 0.25) is 0 Å². The number of allylic oxidation sites excluding steroid dienone is 4. The standard InChI is InChI=1S/C24H28N6O/c1-5-6-12-23(20-10-8-7-9-19(20)22-25-28-29-26-22)13-14-24(18(3)31,17(2)16-23)21-11-15-30(4)27-21/h7-11,13-16H,5-6,12H2,1-4H3,(H,25,26,28,29). The highest BCUT2D eigenvalue weighted by Crippen LogP contribution is 2.47. The van der Waals surface area contributed by atoms with Crippen molar-refractivity contribution in [1.82, 2.24) is 30.4 Å². The van der Waals surface area contributed by atoms with Crippen molar-refractivity contribution in [2.24, 2.45) is 7.05 Å². The lowest BCUT2D eigenvalue weighted by molar-refractivity contribution is -0.119. The Labute approximate surface area is 182 Å². The predicted octanol–water partition coefficient (Wildman–Crippen LogP) is 4.07. The highest BCUT2D eigenvalue weighted by molar-refractivity contribution is 5.94. The van der Waals surface area contributed by atoms with Crippen molar-refractivity contribution in [3.8, 4) is 11.4 Å². The fraction of sp³-hybridized carbons (Fsp3) is 0.375. The van der Waals surface area contributed by atoms with Gasteiger partial charge in [0.1, 0.15) is 11.2 Å². The SMILES string of the molecule is CCCCC1(c2ccccc2-c2nn[nH]n2)C=CC(C(C)=O)(c2ccn(C)n2)C(C)=C1. The van der Waals surface area contributed by atoms with E-state index in [-0.39, 0.29) is 11.2 Å². The molecule has 3 aromatic rings. The van der Waals surface area contributed by atoms with Gasteiger partial charge < -0.3 is 0 Å². The summed E-state index contributed by atoms with van der Waals surface area (Å²) in [6.07, 6.45) is 11.4. The first-order chi connectivity index (χ1) is 14.9. The molecule has 160 valence electrons. The number of carbonyl (C=O) groups excluding carboxylic acids is 1. The number of H-pyrrole nitrogens is 1. The van der Waals surface area contributed by atoms with E-state index >= 15 is 0 Å². The van der Waals surface area contributed by atoms with E-state index in [1.54, 1.807) is 11.6 Å². The van der Waals surface area contributed by atoms with Crippen LogP contribution in [0.15, 0.2) is 60.3 Å². The van der Waals surface area contributed by atoms with Crippen molar-refractivity contribution in [2.75, 3.05) is 0 Å². The van der Waals surface area contributed by atoms with Crippen LogP contribution in [0.1, 0.15) is 51.3 Å². The van der Waals surface area contributed by atoms with Crippen molar-refractivity contribution < 1.29 is 4.79 Å². The molecule has 2 aromatic heterocycles. The van der Waals surface area contributed by atoms with Crippen LogP contribution in [0.4, 0.5) is 0 Å². The normalized spacial score (nSPS) is 23.0. The van der Waals surface area contributed by atoms with Crippen LogP contribution < -0.4 is 0 Å². The Bertz CT molecular complexity index is 1140. The highest BCUT2D eigenvalue weighted by Gasteiger charge is 2.45. The zero-order valence-corrected chi connectivity index (χ0v) is 18.5.